The Morgan fingerprint density at radius 3 is 2.68 bits per heavy atom. The number of pyridine rings is 1. The number of H-pyrrole nitrogens is 2. The lowest BCUT2D eigenvalue weighted by atomic mass is 10.0. The second-order valence-electron chi connectivity index (χ2n) is 8.07. The van der Waals surface area contributed by atoms with Crippen molar-refractivity contribution in [2.24, 2.45) is 0 Å². The average molecular weight is 415 g/mol. The van der Waals surface area contributed by atoms with Crippen LogP contribution in [-0.2, 0) is 6.61 Å². The third-order valence-corrected chi connectivity index (χ3v) is 5.94. The van der Waals surface area contributed by atoms with Gasteiger partial charge in [-0.3, -0.25) is 4.79 Å². The van der Waals surface area contributed by atoms with Crippen molar-refractivity contribution < 1.29 is 5.11 Å². The van der Waals surface area contributed by atoms with Gasteiger partial charge in [-0.2, -0.15) is 0 Å². The maximum absolute atomic E-state index is 12.6. The highest BCUT2D eigenvalue weighted by Gasteiger charge is 2.16. The molecule has 1 fully saturated rings. The SMILES string of the molecule is CN1CCN(c2ccc3[nH]c(-c4cc(-c5cccc(CO)c5)c[nH]c4=O)nc3c2)CC1. The smallest absolute Gasteiger partial charge is 0.259 e. The van der Waals surface area contributed by atoms with Crippen LogP contribution in [0.1, 0.15) is 5.56 Å². The van der Waals surface area contributed by atoms with Crippen molar-refractivity contribution in [1.82, 2.24) is 19.9 Å². The van der Waals surface area contributed by atoms with Crippen LogP contribution in [0.25, 0.3) is 33.5 Å². The second-order valence-corrected chi connectivity index (χ2v) is 8.07. The summed E-state index contributed by atoms with van der Waals surface area (Å²) in [5.74, 6) is 0.548. The van der Waals surface area contributed by atoms with Gasteiger partial charge in [-0.25, -0.2) is 4.98 Å². The van der Waals surface area contributed by atoms with Crippen LogP contribution in [0.15, 0.2) is 59.5 Å². The summed E-state index contributed by atoms with van der Waals surface area (Å²) >= 11 is 0. The molecule has 2 aromatic carbocycles. The van der Waals surface area contributed by atoms with Crippen LogP contribution in [-0.4, -0.2) is 58.2 Å². The highest BCUT2D eigenvalue weighted by molar-refractivity contribution is 5.83. The van der Waals surface area contributed by atoms with Crippen LogP contribution >= 0.6 is 0 Å². The molecule has 3 N–H and O–H groups in total. The van der Waals surface area contributed by atoms with Gasteiger partial charge in [0.1, 0.15) is 5.82 Å². The van der Waals surface area contributed by atoms with Gasteiger partial charge in [0.05, 0.1) is 23.2 Å². The molecule has 0 aliphatic carbocycles. The van der Waals surface area contributed by atoms with Gasteiger partial charge in [-0.1, -0.05) is 18.2 Å². The van der Waals surface area contributed by atoms with Gasteiger partial charge >= 0.3 is 0 Å². The topological polar surface area (TPSA) is 88.2 Å². The van der Waals surface area contributed by atoms with Crippen LogP contribution in [0.5, 0.6) is 0 Å². The summed E-state index contributed by atoms with van der Waals surface area (Å²) in [6.45, 7) is 4.05. The number of anilines is 1. The first-order valence-electron chi connectivity index (χ1n) is 10.5. The summed E-state index contributed by atoms with van der Waals surface area (Å²) in [4.78, 5) is 28.1. The number of aromatic nitrogens is 3. The molecule has 0 saturated carbocycles. The van der Waals surface area contributed by atoms with Crippen molar-refractivity contribution in [2.75, 3.05) is 38.1 Å². The number of nitrogens with zero attached hydrogens (tertiary/aromatic N) is 3. The Morgan fingerprint density at radius 1 is 1.03 bits per heavy atom. The minimum absolute atomic E-state index is 0.0245. The summed E-state index contributed by atoms with van der Waals surface area (Å²) < 4.78 is 0. The molecular weight excluding hydrogens is 390 g/mol. The Balaban J connectivity index is 1.51. The van der Waals surface area contributed by atoms with E-state index in [0.717, 1.165) is 59.6 Å². The molecule has 0 unspecified atom stereocenters. The number of piperazine rings is 1. The summed E-state index contributed by atoms with van der Waals surface area (Å²) in [6, 6.07) is 15.7. The zero-order valence-corrected chi connectivity index (χ0v) is 17.4. The van der Waals surface area contributed by atoms with Crippen LogP contribution in [0.3, 0.4) is 0 Å². The van der Waals surface area contributed by atoms with Gasteiger partial charge in [-0.05, 0) is 54.1 Å². The minimum Gasteiger partial charge on any atom is -0.392 e. The van der Waals surface area contributed by atoms with E-state index >= 15 is 0 Å². The van der Waals surface area contributed by atoms with Gasteiger partial charge < -0.3 is 24.9 Å². The van der Waals surface area contributed by atoms with Crippen LogP contribution in [0, 0.1) is 0 Å². The monoisotopic (exact) mass is 415 g/mol. The Morgan fingerprint density at radius 2 is 1.87 bits per heavy atom. The summed E-state index contributed by atoms with van der Waals surface area (Å²) in [5.41, 5.74) is 5.82. The Hall–Kier alpha value is -3.42. The van der Waals surface area contributed by atoms with E-state index in [1.807, 2.05) is 36.4 Å². The molecule has 0 bridgehead atoms. The molecule has 31 heavy (non-hydrogen) atoms. The van der Waals surface area contributed by atoms with E-state index in [9.17, 15) is 9.90 Å². The zero-order chi connectivity index (χ0) is 21.4. The number of likely N-dealkylation sites (N-methyl/N-ethyl adjacent to an activating group) is 1. The van der Waals surface area contributed by atoms with Crippen molar-refractivity contribution >= 4 is 16.7 Å². The number of hydrogen-bond acceptors (Lipinski definition) is 5. The van der Waals surface area contributed by atoms with E-state index in [1.54, 1.807) is 6.20 Å². The lowest BCUT2D eigenvalue weighted by Crippen LogP contribution is -2.44. The Bertz CT molecular complexity index is 1280. The molecule has 0 atom stereocenters. The van der Waals surface area contributed by atoms with Crippen molar-refractivity contribution in [2.45, 2.75) is 6.61 Å². The van der Waals surface area contributed by atoms with E-state index < -0.39 is 0 Å². The van der Waals surface area contributed by atoms with E-state index in [0.29, 0.717) is 11.4 Å². The number of rotatable bonds is 4. The molecule has 7 heteroatoms. The molecule has 1 aliphatic heterocycles. The van der Waals surface area contributed by atoms with Crippen LogP contribution in [0.2, 0.25) is 0 Å². The average Bonchev–Trinajstić information content (AvgIpc) is 3.23. The first kappa shape index (κ1) is 19.5. The number of benzene rings is 2. The number of fused-ring (bicyclic) bond motifs is 1. The zero-order valence-electron chi connectivity index (χ0n) is 17.4. The fourth-order valence-corrected chi connectivity index (χ4v) is 4.06. The molecule has 3 heterocycles. The molecule has 5 rings (SSSR count). The van der Waals surface area contributed by atoms with E-state index in [2.05, 4.69) is 38.9 Å². The van der Waals surface area contributed by atoms with Crippen molar-refractivity contribution in [3.63, 3.8) is 0 Å². The van der Waals surface area contributed by atoms with Crippen molar-refractivity contribution in [3.05, 3.63) is 70.6 Å². The van der Waals surface area contributed by atoms with Gasteiger partial charge in [0.2, 0.25) is 0 Å². The molecule has 0 amide bonds. The lowest BCUT2D eigenvalue weighted by Gasteiger charge is -2.34. The third-order valence-electron chi connectivity index (χ3n) is 5.94. The predicted molar refractivity (Wildman–Crippen MR) is 123 cm³/mol. The molecule has 158 valence electrons. The molecule has 2 aromatic heterocycles. The van der Waals surface area contributed by atoms with Crippen molar-refractivity contribution in [1.29, 1.82) is 0 Å². The number of aliphatic hydroxyl groups is 1. The summed E-state index contributed by atoms with van der Waals surface area (Å²) in [7, 11) is 2.15. The highest BCUT2D eigenvalue weighted by Crippen LogP contribution is 2.26. The molecule has 1 saturated heterocycles. The fourth-order valence-electron chi connectivity index (χ4n) is 4.06. The Kier molecular flexibility index (Phi) is 5.05. The number of nitrogens with one attached hydrogen (secondary N) is 2. The number of aliphatic hydroxyl groups excluding tert-OH is 1. The maximum Gasteiger partial charge on any atom is 0.259 e. The fraction of sp³-hybridized carbons (Fsp3) is 0.250. The summed E-state index contributed by atoms with van der Waals surface area (Å²) in [6.07, 6.45) is 1.69. The van der Waals surface area contributed by atoms with Gasteiger partial charge in [0.15, 0.2) is 0 Å². The van der Waals surface area contributed by atoms with Gasteiger partial charge in [-0.15, -0.1) is 0 Å². The quantitative estimate of drug-likeness (QED) is 0.477. The molecule has 0 spiro atoms. The van der Waals surface area contributed by atoms with Gasteiger partial charge in [0, 0.05) is 38.1 Å². The maximum atomic E-state index is 12.6. The number of imidazole rings is 1. The Labute approximate surface area is 180 Å². The highest BCUT2D eigenvalue weighted by atomic mass is 16.3. The summed E-state index contributed by atoms with van der Waals surface area (Å²) in [5, 5.41) is 9.42. The minimum atomic E-state index is -0.194. The normalized spacial score (nSPS) is 15.0. The molecule has 1 aliphatic rings. The molecule has 4 aromatic rings. The van der Waals surface area contributed by atoms with Crippen molar-refractivity contribution in [3.8, 4) is 22.5 Å². The van der Waals surface area contributed by atoms with E-state index in [4.69, 9.17) is 4.98 Å². The number of aromatic amines is 2. The molecule has 7 nitrogen and oxygen atoms in total. The van der Waals surface area contributed by atoms with E-state index in [1.165, 1.54) is 0 Å². The third kappa shape index (κ3) is 3.85. The standard InChI is InChI=1S/C24H25N5O2/c1-28-7-9-29(10-8-28)19-5-6-21-22(13-19)27-23(26-21)20-12-18(14-25-24(20)31)17-4-2-3-16(11-17)15-30/h2-6,11-14,30H,7-10,15H2,1H3,(H,25,31)(H,26,27). The van der Waals surface area contributed by atoms with Crippen LogP contribution in [0.4, 0.5) is 5.69 Å². The lowest BCUT2D eigenvalue weighted by molar-refractivity contribution is 0.282. The molecular formula is C24H25N5O2. The molecule has 0 radical (unpaired) electrons. The predicted octanol–water partition coefficient (Wildman–Crippen LogP) is 2.83. The second kappa shape index (κ2) is 8.02. The largest absolute Gasteiger partial charge is 0.392 e. The number of hydrogen-bond donors (Lipinski definition) is 3. The first-order valence-corrected chi connectivity index (χ1v) is 10.5. The van der Waals surface area contributed by atoms with E-state index in [-0.39, 0.29) is 12.2 Å². The van der Waals surface area contributed by atoms with Crippen LogP contribution < -0.4 is 10.5 Å². The first-order chi connectivity index (χ1) is 15.1. The van der Waals surface area contributed by atoms with Gasteiger partial charge in [0.25, 0.3) is 5.56 Å².